The molecule has 64 valence electrons. The second kappa shape index (κ2) is 5.18. The predicted molar refractivity (Wildman–Crippen MR) is 44.7 cm³/mol. The monoisotopic (exact) mass is 176 g/mol. The minimum atomic E-state index is -0.325. The quantitative estimate of drug-likeness (QED) is 0.509. The van der Waals surface area contributed by atoms with E-state index in [1.165, 1.54) is 13.8 Å². The largest absolute Gasteiger partial charge is 0.466 e. The van der Waals surface area contributed by atoms with Gasteiger partial charge in [-0.05, 0) is 6.92 Å². The lowest BCUT2D eigenvalue weighted by atomic mass is 10.2. The highest BCUT2D eigenvalue weighted by Gasteiger charge is 2.08. The first kappa shape index (κ1) is 10.5. The third-order valence-electron chi connectivity index (χ3n) is 1.17. The fourth-order valence-corrected chi connectivity index (χ4v) is 0.623. The van der Waals surface area contributed by atoms with E-state index in [0.717, 1.165) is 0 Å². The van der Waals surface area contributed by atoms with Gasteiger partial charge in [-0.1, -0.05) is 0 Å². The van der Waals surface area contributed by atoms with Crippen molar-refractivity contribution in [2.75, 3.05) is 6.61 Å². The van der Waals surface area contributed by atoms with Gasteiger partial charge in [-0.2, -0.15) is 12.6 Å². The second-order valence-corrected chi connectivity index (χ2v) is 2.88. The number of carbonyl (C=O) groups is 2. The van der Waals surface area contributed by atoms with E-state index in [0.29, 0.717) is 6.42 Å². The molecular weight excluding hydrogens is 164 g/mol. The van der Waals surface area contributed by atoms with E-state index >= 15 is 0 Å². The Labute approximate surface area is 71.5 Å². The lowest BCUT2D eigenvalue weighted by molar-refractivity contribution is -0.141. The molecule has 0 rings (SSSR count). The van der Waals surface area contributed by atoms with Gasteiger partial charge in [-0.3, -0.25) is 9.59 Å². The van der Waals surface area contributed by atoms with E-state index in [9.17, 15) is 9.59 Å². The molecule has 11 heavy (non-hydrogen) atoms. The highest BCUT2D eigenvalue weighted by atomic mass is 32.1. The highest BCUT2D eigenvalue weighted by Crippen LogP contribution is 2.02. The molecule has 0 amide bonds. The molecule has 1 atom stereocenters. The van der Waals surface area contributed by atoms with Gasteiger partial charge in [0, 0.05) is 13.3 Å². The first-order valence-electron chi connectivity index (χ1n) is 3.36. The average Bonchev–Trinajstić information content (AvgIpc) is 1.86. The van der Waals surface area contributed by atoms with Crippen LogP contribution >= 0.6 is 12.6 Å². The molecule has 0 aromatic rings. The normalized spacial score (nSPS) is 12.3. The Balaban J connectivity index is 3.39. The Kier molecular flexibility index (Phi) is 4.94. The summed E-state index contributed by atoms with van der Waals surface area (Å²) in [5.41, 5.74) is 0. The van der Waals surface area contributed by atoms with E-state index in [1.807, 2.05) is 0 Å². The van der Waals surface area contributed by atoms with Crippen molar-refractivity contribution >= 4 is 24.4 Å². The fourth-order valence-electron chi connectivity index (χ4n) is 0.518. The molecule has 4 heteroatoms. The smallest absolute Gasteiger partial charge is 0.302 e. The number of hydrogen-bond donors (Lipinski definition) is 1. The summed E-state index contributed by atoms with van der Waals surface area (Å²) < 4.78 is 4.62. The van der Waals surface area contributed by atoms with E-state index in [2.05, 4.69) is 17.4 Å². The van der Waals surface area contributed by atoms with Crippen molar-refractivity contribution in [1.29, 1.82) is 0 Å². The minimum Gasteiger partial charge on any atom is -0.466 e. The Morgan fingerprint density at radius 1 is 1.45 bits per heavy atom. The third kappa shape index (κ3) is 5.91. The van der Waals surface area contributed by atoms with Crippen molar-refractivity contribution < 1.29 is 14.3 Å². The maximum Gasteiger partial charge on any atom is 0.302 e. The Morgan fingerprint density at radius 2 is 2.00 bits per heavy atom. The van der Waals surface area contributed by atoms with Gasteiger partial charge < -0.3 is 4.74 Å². The molecule has 0 aromatic carbocycles. The fraction of sp³-hybridized carbons (Fsp3) is 0.714. The van der Waals surface area contributed by atoms with Gasteiger partial charge in [-0.15, -0.1) is 0 Å². The summed E-state index contributed by atoms with van der Waals surface area (Å²) >= 11 is 3.99. The number of rotatable bonds is 4. The Morgan fingerprint density at radius 3 is 2.36 bits per heavy atom. The molecule has 0 bridgehead atoms. The summed E-state index contributed by atoms with van der Waals surface area (Å²) in [5, 5.41) is -0.311. The van der Waals surface area contributed by atoms with Crippen LogP contribution in [0.25, 0.3) is 0 Å². The average molecular weight is 176 g/mol. The maximum atomic E-state index is 10.6. The van der Waals surface area contributed by atoms with E-state index in [1.54, 1.807) is 0 Å². The minimum absolute atomic E-state index is 0.000449. The molecule has 0 aliphatic rings. The summed E-state index contributed by atoms with van der Waals surface area (Å²) in [4.78, 5) is 20.9. The molecule has 0 N–H and O–H groups in total. The Hall–Kier alpha value is -0.510. The topological polar surface area (TPSA) is 43.4 Å². The molecule has 3 nitrogen and oxygen atoms in total. The van der Waals surface area contributed by atoms with Crippen molar-refractivity contribution in [2.24, 2.45) is 0 Å². The SMILES string of the molecule is CC(=O)OCCC(S)C(C)=O. The van der Waals surface area contributed by atoms with Crippen molar-refractivity contribution in [1.82, 2.24) is 0 Å². The molecule has 0 fully saturated rings. The van der Waals surface area contributed by atoms with E-state index < -0.39 is 0 Å². The van der Waals surface area contributed by atoms with Gasteiger partial charge in [0.25, 0.3) is 0 Å². The lowest BCUT2D eigenvalue weighted by Gasteiger charge is -2.05. The number of ether oxygens (including phenoxy) is 1. The first-order chi connectivity index (χ1) is 5.04. The number of ketones is 1. The first-order valence-corrected chi connectivity index (χ1v) is 3.87. The molecule has 0 aromatic heterocycles. The van der Waals surface area contributed by atoms with Gasteiger partial charge in [0.15, 0.2) is 0 Å². The van der Waals surface area contributed by atoms with Crippen LogP contribution in [0.5, 0.6) is 0 Å². The zero-order chi connectivity index (χ0) is 8.85. The van der Waals surface area contributed by atoms with E-state index in [-0.39, 0.29) is 23.6 Å². The van der Waals surface area contributed by atoms with Gasteiger partial charge >= 0.3 is 5.97 Å². The predicted octanol–water partition coefficient (Wildman–Crippen LogP) is 0.827. The van der Waals surface area contributed by atoms with Crippen LogP contribution in [0, 0.1) is 0 Å². The van der Waals surface area contributed by atoms with Gasteiger partial charge in [0.1, 0.15) is 5.78 Å². The van der Waals surface area contributed by atoms with E-state index in [4.69, 9.17) is 0 Å². The van der Waals surface area contributed by atoms with Gasteiger partial charge in [0.05, 0.1) is 11.9 Å². The summed E-state index contributed by atoms with van der Waals surface area (Å²) in [5.74, 6) is -0.324. The standard InChI is InChI=1S/C7H12O3S/c1-5(8)7(11)3-4-10-6(2)9/h7,11H,3-4H2,1-2H3. The number of hydrogen-bond acceptors (Lipinski definition) is 4. The van der Waals surface area contributed by atoms with Crippen LogP contribution < -0.4 is 0 Å². The molecule has 0 saturated carbocycles. The molecular formula is C7H12O3S. The third-order valence-corrected chi connectivity index (χ3v) is 1.79. The summed E-state index contributed by atoms with van der Waals surface area (Å²) in [6.45, 7) is 3.07. The number of thiol groups is 1. The van der Waals surface area contributed by atoms with Crippen LogP contribution in [0.1, 0.15) is 20.3 Å². The number of carbonyl (C=O) groups excluding carboxylic acids is 2. The van der Waals surface area contributed by atoms with Crippen molar-refractivity contribution in [3.8, 4) is 0 Å². The van der Waals surface area contributed by atoms with Crippen molar-refractivity contribution in [3.05, 3.63) is 0 Å². The van der Waals surface area contributed by atoms with Crippen LogP contribution in [0.4, 0.5) is 0 Å². The molecule has 1 unspecified atom stereocenters. The molecule has 0 spiro atoms. The summed E-state index contributed by atoms with van der Waals surface area (Å²) in [6, 6.07) is 0. The molecule has 0 heterocycles. The lowest BCUT2D eigenvalue weighted by Crippen LogP contribution is -2.14. The number of esters is 1. The van der Waals surface area contributed by atoms with Crippen molar-refractivity contribution in [2.45, 2.75) is 25.5 Å². The van der Waals surface area contributed by atoms with Crippen LogP contribution in [0.15, 0.2) is 0 Å². The molecule has 0 aliphatic carbocycles. The maximum absolute atomic E-state index is 10.6. The van der Waals surface area contributed by atoms with Crippen LogP contribution in [-0.2, 0) is 14.3 Å². The van der Waals surface area contributed by atoms with Gasteiger partial charge in [0.2, 0.25) is 0 Å². The summed E-state index contributed by atoms with van der Waals surface area (Å²) in [7, 11) is 0. The highest BCUT2D eigenvalue weighted by molar-refractivity contribution is 7.81. The molecule has 0 aliphatic heterocycles. The number of Topliss-reactive ketones (excluding diaryl/α,β-unsaturated/α-hetero) is 1. The zero-order valence-corrected chi connectivity index (χ0v) is 7.56. The zero-order valence-electron chi connectivity index (χ0n) is 6.66. The van der Waals surface area contributed by atoms with Gasteiger partial charge in [-0.25, -0.2) is 0 Å². The second-order valence-electron chi connectivity index (χ2n) is 2.26. The van der Waals surface area contributed by atoms with Crippen LogP contribution in [-0.4, -0.2) is 23.6 Å². The Bertz CT molecular complexity index is 156. The van der Waals surface area contributed by atoms with Crippen LogP contribution in [0.2, 0.25) is 0 Å². The van der Waals surface area contributed by atoms with Crippen LogP contribution in [0.3, 0.4) is 0 Å². The summed E-state index contributed by atoms with van der Waals surface area (Å²) in [6.07, 6.45) is 0.484. The molecule has 0 radical (unpaired) electrons. The molecule has 0 saturated heterocycles. The van der Waals surface area contributed by atoms with Crippen molar-refractivity contribution in [3.63, 3.8) is 0 Å².